The molecule has 30 heavy (non-hydrogen) atoms. The highest BCUT2D eigenvalue weighted by atomic mass is 32.2. The van der Waals surface area contributed by atoms with Crippen LogP contribution in [-0.2, 0) is 9.84 Å². The Morgan fingerprint density at radius 3 is 2.60 bits per heavy atom. The molecule has 0 saturated heterocycles. The van der Waals surface area contributed by atoms with Gasteiger partial charge in [0.15, 0.2) is 9.84 Å². The second-order valence-electron chi connectivity index (χ2n) is 7.37. The van der Waals surface area contributed by atoms with Crippen molar-refractivity contribution in [2.75, 3.05) is 11.6 Å². The molecular weight excluding hydrogens is 404 g/mol. The Balaban J connectivity index is 1.82. The minimum absolute atomic E-state index is 0.133. The van der Waals surface area contributed by atoms with Gasteiger partial charge in [0, 0.05) is 29.9 Å². The topological polar surface area (TPSA) is 110 Å². The molecule has 1 atom stereocenters. The summed E-state index contributed by atoms with van der Waals surface area (Å²) in [6.07, 6.45) is 8.38. The molecule has 0 spiro atoms. The standard InChI is InChI=1S/C21H26N4O4S/c1-15(12-13-30(2,27)28)23-19(26)18-14-22-21(24-16-8-6-7-9-16)25-20(18)29-17-10-4-3-5-11-17/h3-5,10-16H,6-9H2,1-2H3,(H,23,26)(H,22,24,25)/b13-12+/t15-/m0/s1. The molecule has 2 aromatic rings. The molecule has 8 nitrogen and oxygen atoms in total. The van der Waals surface area contributed by atoms with E-state index in [4.69, 9.17) is 4.74 Å². The van der Waals surface area contributed by atoms with Crippen molar-refractivity contribution in [1.29, 1.82) is 0 Å². The number of carbonyl (C=O) groups is 1. The number of hydrogen-bond acceptors (Lipinski definition) is 7. The Kier molecular flexibility index (Phi) is 7.04. The zero-order valence-electron chi connectivity index (χ0n) is 17.0. The molecule has 1 amide bonds. The van der Waals surface area contributed by atoms with E-state index in [0.717, 1.165) is 24.5 Å². The van der Waals surface area contributed by atoms with Gasteiger partial charge in [-0.1, -0.05) is 37.1 Å². The van der Waals surface area contributed by atoms with Crippen LogP contribution < -0.4 is 15.4 Å². The summed E-state index contributed by atoms with van der Waals surface area (Å²) in [5.74, 6) is 0.629. The summed E-state index contributed by atoms with van der Waals surface area (Å²) < 4.78 is 28.4. The van der Waals surface area contributed by atoms with E-state index in [-0.39, 0.29) is 11.4 Å². The van der Waals surface area contributed by atoms with E-state index in [1.807, 2.05) is 18.2 Å². The van der Waals surface area contributed by atoms with Crippen LogP contribution >= 0.6 is 0 Å². The highest BCUT2D eigenvalue weighted by Crippen LogP contribution is 2.26. The van der Waals surface area contributed by atoms with E-state index in [1.165, 1.54) is 25.1 Å². The maximum absolute atomic E-state index is 12.8. The number of aromatic nitrogens is 2. The maximum Gasteiger partial charge on any atom is 0.258 e. The lowest BCUT2D eigenvalue weighted by Gasteiger charge is -2.16. The molecule has 1 heterocycles. The van der Waals surface area contributed by atoms with Crippen LogP contribution in [0.2, 0.25) is 0 Å². The summed E-state index contributed by atoms with van der Waals surface area (Å²) in [5, 5.41) is 7.08. The fourth-order valence-corrected chi connectivity index (χ4v) is 3.64. The van der Waals surface area contributed by atoms with Gasteiger partial charge in [0.05, 0.1) is 0 Å². The number of nitrogens with zero attached hydrogens (tertiary/aromatic N) is 2. The first-order valence-electron chi connectivity index (χ1n) is 9.86. The Bertz CT molecular complexity index is 1000. The molecule has 0 aliphatic heterocycles. The lowest BCUT2D eigenvalue weighted by molar-refractivity contribution is 0.0943. The molecule has 1 aromatic heterocycles. The smallest absolute Gasteiger partial charge is 0.258 e. The third-order valence-corrected chi connectivity index (χ3v) is 5.27. The normalized spacial score (nSPS) is 15.8. The van der Waals surface area contributed by atoms with E-state index in [2.05, 4.69) is 20.6 Å². The van der Waals surface area contributed by atoms with Gasteiger partial charge in [0.1, 0.15) is 11.3 Å². The molecule has 1 saturated carbocycles. The minimum atomic E-state index is -3.28. The number of ether oxygens (including phenoxy) is 1. The van der Waals surface area contributed by atoms with E-state index >= 15 is 0 Å². The predicted molar refractivity (Wildman–Crippen MR) is 115 cm³/mol. The van der Waals surface area contributed by atoms with Crippen LogP contribution in [0.15, 0.2) is 48.0 Å². The van der Waals surface area contributed by atoms with Gasteiger partial charge >= 0.3 is 0 Å². The van der Waals surface area contributed by atoms with Crippen LogP contribution in [0.3, 0.4) is 0 Å². The first-order chi connectivity index (χ1) is 14.3. The molecule has 160 valence electrons. The van der Waals surface area contributed by atoms with Crippen molar-refractivity contribution in [3.63, 3.8) is 0 Å². The lowest BCUT2D eigenvalue weighted by atomic mass is 10.2. The van der Waals surface area contributed by atoms with Gasteiger partial charge in [-0.25, -0.2) is 13.4 Å². The number of anilines is 1. The van der Waals surface area contributed by atoms with Crippen molar-refractivity contribution >= 4 is 21.7 Å². The Labute approximate surface area is 176 Å². The van der Waals surface area contributed by atoms with Gasteiger partial charge in [-0.05, 0) is 31.9 Å². The second-order valence-corrected chi connectivity index (χ2v) is 9.30. The number of benzene rings is 1. The largest absolute Gasteiger partial charge is 0.438 e. The van der Waals surface area contributed by atoms with Gasteiger partial charge < -0.3 is 15.4 Å². The average Bonchev–Trinajstić information content (AvgIpc) is 3.20. The Morgan fingerprint density at radius 2 is 1.93 bits per heavy atom. The summed E-state index contributed by atoms with van der Waals surface area (Å²) in [6, 6.07) is 8.86. The molecule has 0 unspecified atom stereocenters. The van der Waals surface area contributed by atoms with E-state index in [0.29, 0.717) is 17.7 Å². The first kappa shape index (κ1) is 21.8. The van der Waals surface area contributed by atoms with Crippen LogP contribution in [0.25, 0.3) is 0 Å². The average molecular weight is 431 g/mol. The predicted octanol–water partition coefficient (Wildman–Crippen LogP) is 3.30. The zero-order valence-corrected chi connectivity index (χ0v) is 17.9. The highest BCUT2D eigenvalue weighted by Gasteiger charge is 2.20. The fraction of sp³-hybridized carbons (Fsp3) is 0.381. The SMILES string of the molecule is C[C@@H](/C=C/S(C)(=O)=O)NC(=O)c1cnc(NC2CCCC2)nc1Oc1ccccc1. The molecule has 1 aliphatic rings. The van der Waals surface area contributed by atoms with Crippen LogP contribution in [0, 0.1) is 0 Å². The fourth-order valence-electron chi connectivity index (χ4n) is 3.12. The van der Waals surface area contributed by atoms with Gasteiger partial charge in [-0.15, -0.1) is 0 Å². The van der Waals surface area contributed by atoms with E-state index < -0.39 is 21.8 Å². The summed E-state index contributed by atoms with van der Waals surface area (Å²) >= 11 is 0. The minimum Gasteiger partial charge on any atom is -0.438 e. The van der Waals surface area contributed by atoms with Crippen LogP contribution in [-0.4, -0.2) is 42.6 Å². The summed E-state index contributed by atoms with van der Waals surface area (Å²) in [5.41, 5.74) is 0.162. The van der Waals surface area contributed by atoms with Gasteiger partial charge in [0.25, 0.3) is 5.91 Å². The number of rotatable bonds is 8. The Morgan fingerprint density at radius 1 is 1.23 bits per heavy atom. The summed E-state index contributed by atoms with van der Waals surface area (Å²) in [6.45, 7) is 1.67. The molecule has 2 N–H and O–H groups in total. The van der Waals surface area contributed by atoms with E-state index in [9.17, 15) is 13.2 Å². The van der Waals surface area contributed by atoms with Gasteiger partial charge in [-0.3, -0.25) is 4.79 Å². The van der Waals surface area contributed by atoms with Gasteiger partial charge in [-0.2, -0.15) is 4.98 Å². The number of sulfone groups is 1. The van der Waals surface area contributed by atoms with Crippen molar-refractivity contribution in [2.45, 2.75) is 44.7 Å². The third kappa shape index (κ3) is 6.55. The number of hydrogen-bond donors (Lipinski definition) is 2. The lowest BCUT2D eigenvalue weighted by Crippen LogP contribution is -2.32. The molecule has 3 rings (SSSR count). The first-order valence-corrected chi connectivity index (χ1v) is 11.8. The molecule has 0 bridgehead atoms. The molecule has 9 heteroatoms. The molecule has 0 radical (unpaired) electrons. The van der Waals surface area contributed by atoms with Crippen LogP contribution in [0.4, 0.5) is 5.95 Å². The quantitative estimate of drug-likeness (QED) is 0.661. The highest BCUT2D eigenvalue weighted by molar-refractivity contribution is 7.93. The van der Waals surface area contributed by atoms with Crippen LogP contribution in [0.1, 0.15) is 43.0 Å². The van der Waals surface area contributed by atoms with Crippen molar-refractivity contribution in [1.82, 2.24) is 15.3 Å². The second kappa shape index (κ2) is 9.71. The van der Waals surface area contributed by atoms with Crippen molar-refractivity contribution in [2.24, 2.45) is 0 Å². The zero-order chi connectivity index (χ0) is 21.6. The molecule has 1 fully saturated rings. The number of carbonyl (C=O) groups excluding carboxylic acids is 1. The molecular formula is C21H26N4O4S. The monoisotopic (exact) mass is 430 g/mol. The summed E-state index contributed by atoms with van der Waals surface area (Å²) in [7, 11) is -3.28. The van der Waals surface area contributed by atoms with Gasteiger partial charge in [0.2, 0.25) is 11.8 Å². The van der Waals surface area contributed by atoms with Crippen molar-refractivity contribution < 1.29 is 17.9 Å². The third-order valence-electron chi connectivity index (χ3n) is 4.62. The summed E-state index contributed by atoms with van der Waals surface area (Å²) in [4.78, 5) is 21.5. The number of nitrogens with one attached hydrogen (secondary N) is 2. The van der Waals surface area contributed by atoms with Crippen LogP contribution in [0.5, 0.6) is 11.6 Å². The number of amides is 1. The van der Waals surface area contributed by atoms with E-state index in [1.54, 1.807) is 19.1 Å². The number of para-hydroxylation sites is 1. The maximum atomic E-state index is 12.8. The van der Waals surface area contributed by atoms with Crippen molar-refractivity contribution in [3.05, 3.63) is 53.6 Å². The molecule has 1 aromatic carbocycles. The Hall–Kier alpha value is -2.94. The van der Waals surface area contributed by atoms with Crippen molar-refractivity contribution in [3.8, 4) is 11.6 Å². The molecule has 1 aliphatic carbocycles.